The van der Waals surface area contributed by atoms with E-state index in [0.29, 0.717) is 0 Å². The molecular formula is C28H16CuN4O16. The van der Waals surface area contributed by atoms with Crippen LogP contribution in [0.5, 0.6) is 0 Å². The Bertz CT molecular complexity index is 1790. The summed E-state index contributed by atoms with van der Waals surface area (Å²) >= 11 is 0. The number of carboxylic acid groups (broad SMARTS) is 8. The molecule has 0 aliphatic carbocycles. The van der Waals surface area contributed by atoms with Crippen molar-refractivity contribution in [2.45, 2.75) is 0 Å². The third-order valence-corrected chi connectivity index (χ3v) is 5.98. The molecule has 0 spiro atoms. The number of pyridine rings is 4. The molecule has 255 valence electrons. The first kappa shape index (κ1) is 38.1. The van der Waals surface area contributed by atoms with E-state index >= 15 is 0 Å². The quantitative estimate of drug-likeness (QED) is 0.108. The number of carboxylic acids is 8. The maximum absolute atomic E-state index is 11.1. The number of aromatic nitrogens is 4. The fourth-order valence-corrected chi connectivity index (χ4v) is 3.77. The summed E-state index contributed by atoms with van der Waals surface area (Å²) in [7, 11) is 0. The molecule has 49 heavy (non-hydrogen) atoms. The number of carbonyl (C=O) groups is 8. The van der Waals surface area contributed by atoms with Crippen molar-refractivity contribution >= 4 is 47.8 Å². The zero-order chi connectivity index (χ0) is 36.0. The van der Waals surface area contributed by atoms with Gasteiger partial charge in [-0.05, 0) is 24.3 Å². The summed E-state index contributed by atoms with van der Waals surface area (Å²) in [5.74, 6) is -12.0. The van der Waals surface area contributed by atoms with Crippen molar-refractivity contribution in [3.05, 3.63) is 93.6 Å². The molecular weight excluding hydrogens is 712 g/mol. The fourth-order valence-electron chi connectivity index (χ4n) is 3.77. The first-order valence-electron chi connectivity index (χ1n) is 12.3. The van der Waals surface area contributed by atoms with Gasteiger partial charge in [-0.2, -0.15) is 0 Å². The smallest absolute Gasteiger partial charge is 0.338 e. The van der Waals surface area contributed by atoms with Crippen LogP contribution in [0.3, 0.4) is 0 Å². The Hall–Kier alpha value is -7.12. The maximum Gasteiger partial charge on any atom is 0.338 e. The molecule has 21 heteroatoms. The molecule has 0 unspecified atom stereocenters. The molecule has 4 aromatic rings. The van der Waals surface area contributed by atoms with E-state index in [4.69, 9.17) is 40.9 Å². The van der Waals surface area contributed by atoms with E-state index in [0.717, 1.165) is 49.1 Å². The zero-order valence-corrected chi connectivity index (χ0v) is 24.5. The maximum atomic E-state index is 11.1. The van der Waals surface area contributed by atoms with Crippen LogP contribution in [0.2, 0.25) is 0 Å². The Morgan fingerprint density at radius 3 is 0.571 bits per heavy atom. The minimum atomic E-state index is -1.52. The van der Waals surface area contributed by atoms with Gasteiger partial charge in [-0.25, -0.2) is 38.4 Å². The summed E-state index contributed by atoms with van der Waals surface area (Å²) in [6.07, 6.45) is 3.20. The van der Waals surface area contributed by atoms with E-state index < -0.39 is 92.3 Å². The van der Waals surface area contributed by atoms with Gasteiger partial charge in [0.15, 0.2) is 0 Å². The Morgan fingerprint density at radius 2 is 0.449 bits per heavy atom. The molecule has 0 aliphatic heterocycles. The number of rotatable bonds is 10. The summed E-state index contributed by atoms with van der Waals surface area (Å²) in [6, 6.07) is 3.67. The predicted molar refractivity (Wildman–Crippen MR) is 151 cm³/mol. The molecule has 0 aliphatic rings. The van der Waals surface area contributed by atoms with Crippen LogP contribution < -0.4 is 0 Å². The van der Waals surface area contributed by atoms with Crippen molar-refractivity contribution in [1.82, 2.24) is 19.9 Å². The van der Waals surface area contributed by atoms with Crippen molar-refractivity contribution in [2.24, 2.45) is 0 Å². The van der Waals surface area contributed by atoms with Crippen LogP contribution in [0.4, 0.5) is 0 Å². The van der Waals surface area contributed by atoms with E-state index in [1.807, 2.05) is 0 Å². The van der Waals surface area contributed by atoms with Gasteiger partial charge in [-0.1, -0.05) is 0 Å². The summed E-state index contributed by atoms with van der Waals surface area (Å²) in [5, 5.41) is 72.0. The van der Waals surface area contributed by atoms with E-state index in [-0.39, 0.29) is 39.8 Å². The molecule has 0 saturated heterocycles. The Morgan fingerprint density at radius 1 is 0.306 bits per heavy atom. The van der Waals surface area contributed by atoms with Crippen molar-refractivity contribution in [3.8, 4) is 22.8 Å². The standard InChI is InChI=1S/2C14H8N2O8.Cu/c2*17-11(18)5-1-9(15-3-7(5)13(21)22)10-2-6(12(19)20)8(4-16-10)14(23)24;/h2*1-4H,(H,17,18)(H,19,20)(H,21,22)(H,23,24);. The largest absolute Gasteiger partial charge is 0.478 e. The van der Waals surface area contributed by atoms with E-state index in [1.165, 1.54) is 0 Å². The zero-order valence-electron chi connectivity index (χ0n) is 23.6. The molecule has 4 aromatic heterocycles. The summed E-state index contributed by atoms with van der Waals surface area (Å²) in [5.41, 5.74) is -4.90. The topological polar surface area (TPSA) is 350 Å². The van der Waals surface area contributed by atoms with Gasteiger partial charge in [-0.15, -0.1) is 0 Å². The molecule has 20 nitrogen and oxygen atoms in total. The number of aromatic carboxylic acids is 8. The van der Waals surface area contributed by atoms with Crippen LogP contribution in [0.25, 0.3) is 22.8 Å². The van der Waals surface area contributed by atoms with Crippen LogP contribution in [0, 0.1) is 0 Å². The molecule has 1 radical (unpaired) electrons. The van der Waals surface area contributed by atoms with Crippen LogP contribution in [-0.4, -0.2) is 109 Å². The molecule has 4 heterocycles. The molecule has 0 aromatic carbocycles. The number of nitrogens with zero attached hydrogens (tertiary/aromatic N) is 4. The minimum Gasteiger partial charge on any atom is -0.478 e. The molecule has 4 rings (SSSR count). The van der Waals surface area contributed by atoms with Crippen LogP contribution in [0.15, 0.2) is 49.1 Å². The first-order chi connectivity index (χ1) is 22.4. The molecule has 0 fully saturated rings. The Labute approximate surface area is 280 Å². The van der Waals surface area contributed by atoms with Gasteiger partial charge in [0.1, 0.15) is 0 Å². The van der Waals surface area contributed by atoms with Crippen molar-refractivity contribution in [2.75, 3.05) is 0 Å². The van der Waals surface area contributed by atoms with Crippen LogP contribution in [0.1, 0.15) is 82.9 Å². The molecule has 0 saturated carbocycles. The van der Waals surface area contributed by atoms with Crippen LogP contribution >= 0.6 is 0 Å². The van der Waals surface area contributed by atoms with E-state index in [9.17, 15) is 38.4 Å². The molecule has 0 bridgehead atoms. The summed E-state index contributed by atoms with van der Waals surface area (Å²) in [4.78, 5) is 103. The normalized spacial score (nSPS) is 9.96. The molecule has 0 atom stereocenters. The SMILES string of the molecule is O=C(O)c1cnc(-c2cc(C(=O)O)c(C(=O)O)cn2)cc1C(=O)O.O=C(O)c1cnc(-c2cc(C(=O)O)c(C(=O)O)cn2)cc1C(=O)O.[Cu]. The van der Waals surface area contributed by atoms with Gasteiger partial charge < -0.3 is 40.9 Å². The second-order valence-electron chi connectivity index (χ2n) is 8.90. The van der Waals surface area contributed by atoms with Gasteiger partial charge in [0.2, 0.25) is 0 Å². The average Bonchev–Trinajstić information content (AvgIpc) is 3.03. The summed E-state index contributed by atoms with van der Waals surface area (Å²) < 4.78 is 0. The monoisotopic (exact) mass is 727 g/mol. The number of hydrogen-bond donors (Lipinski definition) is 8. The average molecular weight is 728 g/mol. The first-order valence-corrected chi connectivity index (χ1v) is 12.3. The fraction of sp³-hybridized carbons (Fsp3) is 0. The Balaban J connectivity index is 0.000000333. The van der Waals surface area contributed by atoms with Gasteiger partial charge in [0.25, 0.3) is 0 Å². The molecule has 0 amide bonds. The van der Waals surface area contributed by atoms with E-state index in [2.05, 4.69) is 19.9 Å². The summed E-state index contributed by atoms with van der Waals surface area (Å²) in [6.45, 7) is 0. The van der Waals surface area contributed by atoms with Crippen molar-refractivity contribution < 1.29 is 96.3 Å². The molecule has 8 N–H and O–H groups in total. The number of hydrogen-bond acceptors (Lipinski definition) is 12. The third-order valence-electron chi connectivity index (χ3n) is 5.98. The second-order valence-corrected chi connectivity index (χ2v) is 8.90. The van der Waals surface area contributed by atoms with Gasteiger partial charge in [-0.3, -0.25) is 19.9 Å². The second kappa shape index (κ2) is 15.4. The predicted octanol–water partition coefficient (Wildman–Crippen LogP) is 1.87. The minimum absolute atomic E-state index is 0. The van der Waals surface area contributed by atoms with Crippen molar-refractivity contribution in [3.63, 3.8) is 0 Å². The van der Waals surface area contributed by atoms with Crippen molar-refractivity contribution in [1.29, 1.82) is 0 Å². The van der Waals surface area contributed by atoms with E-state index in [1.54, 1.807) is 0 Å². The third kappa shape index (κ3) is 8.58. The van der Waals surface area contributed by atoms with Gasteiger partial charge >= 0.3 is 47.8 Å². The Kier molecular flexibility index (Phi) is 12.0. The van der Waals surface area contributed by atoms with Gasteiger partial charge in [0.05, 0.1) is 67.3 Å². The van der Waals surface area contributed by atoms with Gasteiger partial charge in [0, 0.05) is 41.9 Å². The van der Waals surface area contributed by atoms with Crippen LogP contribution in [-0.2, 0) is 17.1 Å².